The lowest BCUT2D eigenvalue weighted by atomic mass is 9.87. The fourth-order valence-corrected chi connectivity index (χ4v) is 1.77. The summed E-state index contributed by atoms with van der Waals surface area (Å²) in [4.78, 5) is 13.6. The van der Waals surface area contributed by atoms with E-state index in [1.54, 1.807) is 11.8 Å². The Morgan fingerprint density at radius 3 is 2.87 bits per heavy atom. The fourth-order valence-electron chi connectivity index (χ4n) is 1.77. The number of β-amino-alcohol motifs (C(OH)–C–C–N with tert-alkyl or cyclic N) is 1. The first-order valence-electron chi connectivity index (χ1n) is 5.42. The van der Waals surface area contributed by atoms with Gasteiger partial charge in [0.05, 0.1) is 12.2 Å². The van der Waals surface area contributed by atoms with E-state index in [0.29, 0.717) is 19.5 Å². The molecule has 0 saturated carbocycles. The van der Waals surface area contributed by atoms with Crippen LogP contribution in [-0.4, -0.2) is 35.1 Å². The molecule has 1 aliphatic heterocycles. The Hall–Kier alpha value is -1.08. The number of nitrogens with zero attached hydrogens (tertiary/aromatic N) is 2. The molecule has 0 spiro atoms. The molecule has 84 valence electrons. The normalized spacial score (nSPS) is 25.5. The van der Waals surface area contributed by atoms with E-state index in [0.717, 1.165) is 12.8 Å². The van der Waals surface area contributed by atoms with E-state index in [1.807, 2.05) is 6.92 Å². The maximum absolute atomic E-state index is 12.0. The molecule has 0 radical (unpaired) electrons. The highest BCUT2D eigenvalue weighted by Gasteiger charge is 2.36. The van der Waals surface area contributed by atoms with Crippen LogP contribution in [0.4, 0.5) is 0 Å². The Balaban J connectivity index is 2.71. The van der Waals surface area contributed by atoms with Crippen LogP contribution >= 0.6 is 0 Å². The van der Waals surface area contributed by atoms with Crippen molar-refractivity contribution in [2.24, 2.45) is 5.41 Å². The lowest BCUT2D eigenvalue weighted by Gasteiger charge is -2.34. The number of piperidine rings is 1. The van der Waals surface area contributed by atoms with Gasteiger partial charge in [0.25, 0.3) is 0 Å². The minimum Gasteiger partial charge on any atom is -0.391 e. The van der Waals surface area contributed by atoms with Gasteiger partial charge in [0, 0.05) is 13.1 Å². The number of aliphatic hydroxyl groups excluding tert-OH is 1. The summed E-state index contributed by atoms with van der Waals surface area (Å²) < 4.78 is 0. The van der Waals surface area contributed by atoms with Gasteiger partial charge in [-0.05, 0) is 26.2 Å². The van der Waals surface area contributed by atoms with E-state index in [-0.39, 0.29) is 5.91 Å². The number of hydrogen-bond acceptors (Lipinski definition) is 3. The fraction of sp³-hybridized carbons (Fsp3) is 0.818. The first-order valence-corrected chi connectivity index (χ1v) is 5.42. The van der Waals surface area contributed by atoms with E-state index in [9.17, 15) is 9.90 Å². The molecular weight excluding hydrogens is 192 g/mol. The number of aliphatic hydroxyl groups is 1. The quantitative estimate of drug-likeness (QED) is 0.736. The summed E-state index contributed by atoms with van der Waals surface area (Å²) in [6.07, 6.45) is 1.65. The summed E-state index contributed by atoms with van der Waals surface area (Å²) in [5, 5.41) is 18.5. The Morgan fingerprint density at radius 1 is 1.73 bits per heavy atom. The third kappa shape index (κ3) is 2.48. The highest BCUT2D eigenvalue weighted by atomic mass is 16.3. The Morgan fingerprint density at radius 2 is 2.40 bits per heavy atom. The summed E-state index contributed by atoms with van der Waals surface area (Å²) in [6.45, 7) is 4.53. The van der Waals surface area contributed by atoms with Gasteiger partial charge in [-0.25, -0.2) is 0 Å². The van der Waals surface area contributed by atoms with Crippen molar-refractivity contribution in [2.75, 3.05) is 13.1 Å². The van der Waals surface area contributed by atoms with Gasteiger partial charge in [0.2, 0.25) is 5.91 Å². The van der Waals surface area contributed by atoms with E-state index in [4.69, 9.17) is 5.26 Å². The lowest BCUT2D eigenvalue weighted by Crippen LogP contribution is -2.48. The molecule has 1 amide bonds. The van der Waals surface area contributed by atoms with Gasteiger partial charge in [-0.15, -0.1) is 0 Å². The third-order valence-electron chi connectivity index (χ3n) is 3.11. The molecule has 0 bridgehead atoms. The van der Waals surface area contributed by atoms with Gasteiger partial charge < -0.3 is 10.0 Å². The number of amides is 1. The summed E-state index contributed by atoms with van der Waals surface area (Å²) >= 11 is 0. The van der Waals surface area contributed by atoms with Gasteiger partial charge in [-0.3, -0.25) is 4.79 Å². The van der Waals surface area contributed by atoms with Crippen LogP contribution in [0.2, 0.25) is 0 Å². The van der Waals surface area contributed by atoms with Crippen molar-refractivity contribution in [2.45, 2.75) is 39.2 Å². The third-order valence-corrected chi connectivity index (χ3v) is 3.11. The summed E-state index contributed by atoms with van der Waals surface area (Å²) in [5.74, 6) is -0.147. The van der Waals surface area contributed by atoms with Crippen LogP contribution in [-0.2, 0) is 4.79 Å². The molecule has 4 nitrogen and oxygen atoms in total. The van der Waals surface area contributed by atoms with Crippen molar-refractivity contribution in [3.63, 3.8) is 0 Å². The van der Waals surface area contributed by atoms with Crippen LogP contribution in [0.3, 0.4) is 0 Å². The molecule has 4 heteroatoms. The molecule has 1 fully saturated rings. The zero-order valence-corrected chi connectivity index (χ0v) is 9.36. The highest BCUT2D eigenvalue weighted by Crippen LogP contribution is 2.25. The predicted molar refractivity (Wildman–Crippen MR) is 55.8 cm³/mol. The van der Waals surface area contributed by atoms with Crippen molar-refractivity contribution in [1.82, 2.24) is 4.90 Å². The SMILES string of the molecule is CCC(C)(C#N)C(=O)N1CCC[C@H](O)C1. The molecule has 1 N–H and O–H groups in total. The van der Waals surface area contributed by atoms with Crippen LogP contribution in [0.25, 0.3) is 0 Å². The van der Waals surface area contributed by atoms with Crippen LogP contribution in [0, 0.1) is 16.7 Å². The van der Waals surface area contributed by atoms with Crippen molar-refractivity contribution in [3.05, 3.63) is 0 Å². The maximum Gasteiger partial charge on any atom is 0.242 e. The zero-order valence-electron chi connectivity index (χ0n) is 9.36. The second kappa shape index (κ2) is 4.63. The van der Waals surface area contributed by atoms with E-state index in [2.05, 4.69) is 6.07 Å². The van der Waals surface area contributed by atoms with Crippen molar-refractivity contribution >= 4 is 5.91 Å². The molecule has 15 heavy (non-hydrogen) atoms. The Kier molecular flexibility index (Phi) is 3.70. The van der Waals surface area contributed by atoms with Gasteiger partial charge >= 0.3 is 0 Å². The van der Waals surface area contributed by atoms with Gasteiger partial charge in [-0.1, -0.05) is 6.92 Å². The topological polar surface area (TPSA) is 64.3 Å². The average Bonchev–Trinajstić information content (AvgIpc) is 2.27. The summed E-state index contributed by atoms with van der Waals surface area (Å²) in [5.41, 5.74) is -0.933. The lowest BCUT2D eigenvalue weighted by molar-refractivity contribution is -0.141. The summed E-state index contributed by atoms with van der Waals surface area (Å²) in [6, 6.07) is 2.07. The predicted octanol–water partition coefficient (Wildman–Crippen LogP) is 0.910. The Labute approximate surface area is 90.5 Å². The number of carbonyl (C=O) groups excluding carboxylic acids is 1. The van der Waals surface area contributed by atoms with Crippen molar-refractivity contribution in [3.8, 4) is 6.07 Å². The largest absolute Gasteiger partial charge is 0.391 e. The minimum atomic E-state index is -0.933. The minimum absolute atomic E-state index is 0.147. The molecule has 0 aromatic heterocycles. The van der Waals surface area contributed by atoms with Crippen LogP contribution in [0.15, 0.2) is 0 Å². The van der Waals surface area contributed by atoms with Crippen LogP contribution in [0.1, 0.15) is 33.1 Å². The number of nitriles is 1. The van der Waals surface area contributed by atoms with Gasteiger partial charge in [0.15, 0.2) is 0 Å². The van der Waals surface area contributed by atoms with E-state index >= 15 is 0 Å². The smallest absolute Gasteiger partial charge is 0.242 e. The van der Waals surface area contributed by atoms with Crippen molar-refractivity contribution < 1.29 is 9.90 Å². The maximum atomic E-state index is 12.0. The standard InChI is InChI=1S/C11H18N2O2/c1-3-11(2,8-12)10(15)13-6-4-5-9(14)7-13/h9,14H,3-7H2,1-2H3/t9-,11?/m0/s1. The number of carbonyl (C=O) groups is 1. The van der Waals surface area contributed by atoms with Crippen LogP contribution in [0.5, 0.6) is 0 Å². The van der Waals surface area contributed by atoms with E-state index in [1.165, 1.54) is 0 Å². The average molecular weight is 210 g/mol. The zero-order chi connectivity index (χ0) is 11.5. The summed E-state index contributed by atoms with van der Waals surface area (Å²) in [7, 11) is 0. The highest BCUT2D eigenvalue weighted by molar-refractivity contribution is 5.85. The molecular formula is C11H18N2O2. The molecule has 2 atom stereocenters. The number of rotatable bonds is 2. The molecule has 0 aliphatic carbocycles. The monoisotopic (exact) mass is 210 g/mol. The first-order chi connectivity index (χ1) is 7.03. The van der Waals surface area contributed by atoms with Crippen molar-refractivity contribution in [1.29, 1.82) is 5.26 Å². The molecule has 1 aliphatic rings. The number of hydrogen-bond donors (Lipinski definition) is 1. The molecule has 0 aromatic carbocycles. The van der Waals surface area contributed by atoms with Gasteiger partial charge in [0.1, 0.15) is 5.41 Å². The molecule has 1 heterocycles. The van der Waals surface area contributed by atoms with Gasteiger partial charge in [-0.2, -0.15) is 5.26 Å². The number of likely N-dealkylation sites (tertiary alicyclic amines) is 1. The first kappa shape index (κ1) is 12.0. The second-order valence-electron chi connectivity index (χ2n) is 4.34. The molecule has 1 rings (SSSR count). The Bertz CT molecular complexity index is 285. The van der Waals surface area contributed by atoms with Crippen LogP contribution < -0.4 is 0 Å². The molecule has 0 aromatic rings. The molecule has 1 saturated heterocycles. The second-order valence-corrected chi connectivity index (χ2v) is 4.34. The van der Waals surface area contributed by atoms with E-state index < -0.39 is 11.5 Å². The molecule has 1 unspecified atom stereocenters.